The van der Waals surface area contributed by atoms with E-state index in [0.717, 1.165) is 46.5 Å². The van der Waals surface area contributed by atoms with Crippen LogP contribution in [0.5, 0.6) is 0 Å². The molecule has 1 saturated carbocycles. The molecule has 0 amide bonds. The summed E-state index contributed by atoms with van der Waals surface area (Å²) in [7, 11) is 0. The highest BCUT2D eigenvalue weighted by molar-refractivity contribution is 5.74. The predicted octanol–water partition coefficient (Wildman–Crippen LogP) is 6.09. The zero-order valence-electron chi connectivity index (χ0n) is 15.4. The Morgan fingerprint density at radius 3 is 2.26 bits per heavy atom. The van der Waals surface area contributed by atoms with Gasteiger partial charge in [-0.3, -0.25) is 4.98 Å². The fourth-order valence-electron chi connectivity index (χ4n) is 4.12. The van der Waals surface area contributed by atoms with Gasteiger partial charge in [-0.05, 0) is 42.2 Å². The molecule has 0 aliphatic heterocycles. The molecule has 0 bridgehead atoms. The monoisotopic (exact) mass is 361 g/mol. The van der Waals surface area contributed by atoms with Crippen molar-refractivity contribution in [2.45, 2.75) is 44.6 Å². The van der Waals surface area contributed by atoms with Gasteiger partial charge in [-0.25, -0.2) is 4.39 Å². The summed E-state index contributed by atoms with van der Waals surface area (Å²) in [6.07, 6.45) is 5.91. The highest BCUT2D eigenvalue weighted by Gasteiger charge is 2.23. The maximum absolute atomic E-state index is 13.4. The first kappa shape index (κ1) is 17.9. The van der Waals surface area contributed by atoms with Gasteiger partial charge in [0.25, 0.3) is 0 Å². The van der Waals surface area contributed by atoms with Crippen LogP contribution in [0, 0.1) is 5.82 Å². The smallest absolute Gasteiger partial charge is 0.123 e. The molecule has 0 unspecified atom stereocenters. The molecule has 2 nitrogen and oxygen atoms in total. The van der Waals surface area contributed by atoms with Crippen LogP contribution in [0.25, 0.3) is 22.4 Å². The van der Waals surface area contributed by atoms with Crippen LogP contribution in [0.15, 0.2) is 60.7 Å². The standard InChI is InChI=1S/C24H24FNO/c25-20-13-11-17(12-14-20)21-15-23(18-7-3-1-4-8-18)26-24(22(21)16-27)19-9-5-2-6-10-19/h1,3-4,7-8,11-15,19,27H,2,5-6,9-10,16H2. The van der Waals surface area contributed by atoms with Crippen LogP contribution in [0.4, 0.5) is 4.39 Å². The number of pyridine rings is 1. The average Bonchev–Trinajstić information content (AvgIpc) is 2.74. The third-order valence-electron chi connectivity index (χ3n) is 5.53. The van der Waals surface area contributed by atoms with E-state index >= 15 is 0 Å². The van der Waals surface area contributed by atoms with E-state index in [2.05, 4.69) is 12.1 Å². The highest BCUT2D eigenvalue weighted by atomic mass is 19.1. The van der Waals surface area contributed by atoms with E-state index in [1.165, 1.54) is 31.4 Å². The molecule has 0 atom stereocenters. The molecule has 1 N–H and O–H groups in total. The third-order valence-corrected chi connectivity index (χ3v) is 5.53. The summed E-state index contributed by atoms with van der Waals surface area (Å²) in [5.41, 5.74) is 5.73. The Hall–Kier alpha value is -2.52. The van der Waals surface area contributed by atoms with Crippen molar-refractivity contribution in [2.75, 3.05) is 0 Å². The van der Waals surface area contributed by atoms with Crippen LogP contribution >= 0.6 is 0 Å². The first-order valence-electron chi connectivity index (χ1n) is 9.72. The maximum atomic E-state index is 13.4. The van der Waals surface area contributed by atoms with Gasteiger partial charge in [-0.2, -0.15) is 0 Å². The molecule has 1 aromatic heterocycles. The minimum Gasteiger partial charge on any atom is -0.392 e. The van der Waals surface area contributed by atoms with E-state index in [0.29, 0.717) is 5.92 Å². The number of rotatable bonds is 4. The van der Waals surface area contributed by atoms with E-state index in [1.54, 1.807) is 12.1 Å². The van der Waals surface area contributed by atoms with E-state index in [9.17, 15) is 9.50 Å². The summed E-state index contributed by atoms with van der Waals surface area (Å²) in [5, 5.41) is 10.2. The summed E-state index contributed by atoms with van der Waals surface area (Å²) >= 11 is 0. The predicted molar refractivity (Wildman–Crippen MR) is 107 cm³/mol. The normalized spacial score (nSPS) is 15.0. The minimum atomic E-state index is -0.255. The summed E-state index contributed by atoms with van der Waals surface area (Å²) in [6, 6.07) is 18.7. The molecule has 4 rings (SSSR count). The Morgan fingerprint density at radius 1 is 0.889 bits per heavy atom. The van der Waals surface area contributed by atoms with Crippen molar-refractivity contribution < 1.29 is 9.50 Å². The van der Waals surface area contributed by atoms with Gasteiger partial charge >= 0.3 is 0 Å². The quantitative estimate of drug-likeness (QED) is 0.609. The SMILES string of the molecule is OCc1c(-c2ccc(F)cc2)cc(-c2ccccc2)nc1C1CCCCC1. The summed E-state index contributed by atoms with van der Waals surface area (Å²) in [5.74, 6) is 0.123. The number of nitrogens with zero attached hydrogens (tertiary/aromatic N) is 1. The minimum absolute atomic E-state index is 0.0549. The van der Waals surface area contributed by atoms with E-state index in [4.69, 9.17) is 4.98 Å². The summed E-state index contributed by atoms with van der Waals surface area (Å²) in [6.45, 7) is -0.0549. The van der Waals surface area contributed by atoms with Crippen molar-refractivity contribution in [3.05, 3.63) is 77.7 Å². The van der Waals surface area contributed by atoms with Gasteiger partial charge in [0.05, 0.1) is 18.0 Å². The van der Waals surface area contributed by atoms with Crippen molar-refractivity contribution in [1.82, 2.24) is 4.98 Å². The Morgan fingerprint density at radius 2 is 1.59 bits per heavy atom. The molecule has 0 saturated heterocycles. The van der Waals surface area contributed by atoms with Gasteiger partial charge in [0.15, 0.2) is 0 Å². The highest BCUT2D eigenvalue weighted by Crippen LogP contribution is 2.38. The van der Waals surface area contributed by atoms with Crippen LogP contribution in [-0.4, -0.2) is 10.1 Å². The van der Waals surface area contributed by atoms with Gasteiger partial charge in [-0.1, -0.05) is 61.7 Å². The molecule has 1 fully saturated rings. The van der Waals surface area contributed by atoms with Crippen molar-refractivity contribution >= 4 is 0 Å². The summed E-state index contributed by atoms with van der Waals surface area (Å²) in [4.78, 5) is 5.01. The second-order valence-electron chi connectivity index (χ2n) is 7.28. The van der Waals surface area contributed by atoms with Crippen molar-refractivity contribution in [1.29, 1.82) is 0 Å². The van der Waals surface area contributed by atoms with Crippen LogP contribution < -0.4 is 0 Å². The Balaban J connectivity index is 1.91. The molecule has 138 valence electrons. The lowest BCUT2D eigenvalue weighted by molar-refractivity contribution is 0.278. The van der Waals surface area contributed by atoms with Gasteiger partial charge in [0.1, 0.15) is 5.82 Å². The lowest BCUT2D eigenvalue weighted by atomic mass is 9.83. The van der Waals surface area contributed by atoms with Gasteiger partial charge < -0.3 is 5.11 Å². The van der Waals surface area contributed by atoms with Gasteiger partial charge in [0, 0.05) is 17.0 Å². The number of aromatic nitrogens is 1. The molecule has 0 spiro atoms. The number of benzene rings is 2. The van der Waals surface area contributed by atoms with Gasteiger partial charge in [-0.15, -0.1) is 0 Å². The van der Waals surface area contributed by atoms with E-state index < -0.39 is 0 Å². The van der Waals surface area contributed by atoms with Crippen molar-refractivity contribution in [3.63, 3.8) is 0 Å². The van der Waals surface area contributed by atoms with Crippen LogP contribution in [0.2, 0.25) is 0 Å². The molecule has 1 heterocycles. The van der Waals surface area contributed by atoms with Gasteiger partial charge in [0.2, 0.25) is 0 Å². The third kappa shape index (κ3) is 3.79. The largest absolute Gasteiger partial charge is 0.392 e. The average molecular weight is 361 g/mol. The molecule has 2 aromatic carbocycles. The molecule has 27 heavy (non-hydrogen) atoms. The Bertz CT molecular complexity index is 900. The lowest BCUT2D eigenvalue weighted by Gasteiger charge is -2.25. The number of hydrogen-bond acceptors (Lipinski definition) is 2. The topological polar surface area (TPSA) is 33.1 Å². The molecule has 3 aromatic rings. The Kier molecular flexibility index (Phi) is 5.30. The van der Waals surface area contributed by atoms with Crippen LogP contribution in [0.3, 0.4) is 0 Å². The lowest BCUT2D eigenvalue weighted by Crippen LogP contribution is -2.12. The maximum Gasteiger partial charge on any atom is 0.123 e. The van der Waals surface area contributed by atoms with E-state index in [-0.39, 0.29) is 12.4 Å². The zero-order valence-corrected chi connectivity index (χ0v) is 15.4. The Labute approximate surface area is 159 Å². The van der Waals surface area contributed by atoms with E-state index in [1.807, 2.05) is 24.3 Å². The molecule has 1 aliphatic carbocycles. The fraction of sp³-hybridized carbons (Fsp3) is 0.292. The number of hydrogen-bond donors (Lipinski definition) is 1. The number of halogens is 1. The summed E-state index contributed by atoms with van der Waals surface area (Å²) < 4.78 is 13.4. The van der Waals surface area contributed by atoms with Crippen molar-refractivity contribution in [3.8, 4) is 22.4 Å². The molecular weight excluding hydrogens is 337 g/mol. The molecule has 3 heteroatoms. The van der Waals surface area contributed by atoms with Crippen LogP contribution in [0.1, 0.15) is 49.3 Å². The second-order valence-corrected chi connectivity index (χ2v) is 7.28. The molecule has 1 aliphatic rings. The second kappa shape index (κ2) is 8.01. The first-order chi connectivity index (χ1) is 13.3. The first-order valence-corrected chi connectivity index (χ1v) is 9.72. The fourth-order valence-corrected chi connectivity index (χ4v) is 4.12. The number of aliphatic hydroxyl groups excluding tert-OH is 1. The number of aliphatic hydroxyl groups is 1. The molecule has 0 radical (unpaired) electrons. The van der Waals surface area contributed by atoms with Crippen molar-refractivity contribution in [2.24, 2.45) is 0 Å². The molecular formula is C24H24FNO. The van der Waals surface area contributed by atoms with Crippen LogP contribution in [-0.2, 0) is 6.61 Å². The zero-order chi connectivity index (χ0) is 18.6.